The number of benzene rings is 1. The number of hydrogen-bond donors (Lipinski definition) is 4. The van der Waals surface area contributed by atoms with Gasteiger partial charge in [-0.3, -0.25) is 14.4 Å². The van der Waals surface area contributed by atoms with E-state index in [1.54, 1.807) is 4.90 Å². The molecular weight excluding hydrogens is 450 g/mol. The first kappa shape index (κ1) is 26.5. The van der Waals surface area contributed by atoms with Crippen molar-refractivity contribution in [3.8, 4) is 0 Å². The van der Waals surface area contributed by atoms with Gasteiger partial charge in [0.25, 0.3) is 0 Å². The molecule has 1 aromatic carbocycles. The largest absolute Gasteiger partial charge is 0.453 e. The summed E-state index contributed by atoms with van der Waals surface area (Å²) in [5, 5.41) is 11.5. The van der Waals surface area contributed by atoms with E-state index >= 15 is 0 Å². The fourth-order valence-corrected chi connectivity index (χ4v) is 4.65. The van der Waals surface area contributed by atoms with Gasteiger partial charge in [0.15, 0.2) is 0 Å². The van der Waals surface area contributed by atoms with Gasteiger partial charge in [0.05, 0.1) is 13.2 Å². The molecule has 1 heterocycles. The van der Waals surface area contributed by atoms with Crippen molar-refractivity contribution in [2.75, 3.05) is 26.7 Å². The van der Waals surface area contributed by atoms with Crippen LogP contribution in [-0.2, 0) is 25.5 Å². The summed E-state index contributed by atoms with van der Waals surface area (Å²) in [4.78, 5) is 52.6. The van der Waals surface area contributed by atoms with E-state index in [0.29, 0.717) is 19.6 Å². The molecule has 10 nitrogen and oxygen atoms in total. The predicted octanol–water partition coefficient (Wildman–Crippen LogP) is 0.866. The van der Waals surface area contributed by atoms with Crippen LogP contribution in [0, 0.1) is 5.92 Å². The SMILES string of the molecule is COC(=O)N[C@@H](C)C(=O)N[C@H](C(=O)N1CCNC[C@H]1C(=O)N[C@@H]1CCCc2ccccc21)C(C)C. The van der Waals surface area contributed by atoms with Crippen LogP contribution in [0.2, 0.25) is 0 Å². The lowest BCUT2D eigenvalue weighted by Crippen LogP contribution is -2.64. The second kappa shape index (κ2) is 12.0. The third kappa shape index (κ3) is 6.50. The van der Waals surface area contributed by atoms with E-state index < -0.39 is 30.1 Å². The number of methoxy groups -OCH3 is 1. The standard InChI is InChI=1S/C25H37N5O5/c1-15(2)21(29-22(31)16(3)27-25(34)35-4)24(33)30-13-12-26-14-20(30)23(32)28-19-11-7-9-17-8-5-6-10-18(17)19/h5-6,8,10,15-16,19-21,26H,7,9,11-14H2,1-4H3,(H,27,34)(H,28,32)(H,29,31)/t16-,19+,20-,21-/m0/s1. The van der Waals surface area contributed by atoms with E-state index in [1.165, 1.54) is 19.6 Å². The highest BCUT2D eigenvalue weighted by atomic mass is 16.5. The Balaban J connectivity index is 1.71. The second-order valence-corrected chi connectivity index (χ2v) is 9.49. The molecular formula is C25H37N5O5. The molecule has 1 saturated heterocycles. The van der Waals surface area contributed by atoms with Crippen LogP contribution in [0.15, 0.2) is 24.3 Å². The molecule has 192 valence electrons. The average molecular weight is 488 g/mol. The van der Waals surface area contributed by atoms with Crippen LogP contribution in [0.4, 0.5) is 4.79 Å². The minimum Gasteiger partial charge on any atom is -0.453 e. The zero-order valence-electron chi connectivity index (χ0n) is 20.9. The van der Waals surface area contributed by atoms with Gasteiger partial charge in [-0.15, -0.1) is 0 Å². The van der Waals surface area contributed by atoms with Crippen LogP contribution >= 0.6 is 0 Å². The van der Waals surface area contributed by atoms with Crippen molar-refractivity contribution < 1.29 is 23.9 Å². The second-order valence-electron chi connectivity index (χ2n) is 9.49. The minimum absolute atomic E-state index is 0.0860. The molecule has 0 spiro atoms. The van der Waals surface area contributed by atoms with Crippen molar-refractivity contribution >= 4 is 23.8 Å². The number of amides is 4. The maximum atomic E-state index is 13.6. The molecule has 35 heavy (non-hydrogen) atoms. The van der Waals surface area contributed by atoms with Gasteiger partial charge in [0.1, 0.15) is 18.1 Å². The molecule has 0 unspecified atom stereocenters. The monoisotopic (exact) mass is 487 g/mol. The van der Waals surface area contributed by atoms with Crippen LogP contribution in [-0.4, -0.2) is 73.6 Å². The quantitative estimate of drug-likeness (QED) is 0.452. The normalized spacial score (nSPS) is 21.3. The first-order chi connectivity index (χ1) is 16.7. The number of aryl methyl sites for hydroxylation is 1. The molecule has 4 N–H and O–H groups in total. The Kier molecular flexibility index (Phi) is 9.08. The molecule has 1 aromatic rings. The highest BCUT2D eigenvalue weighted by Gasteiger charge is 2.38. The molecule has 1 aliphatic carbocycles. The highest BCUT2D eigenvalue weighted by molar-refractivity contribution is 5.94. The molecule has 0 saturated carbocycles. The summed E-state index contributed by atoms with van der Waals surface area (Å²) in [6.07, 6.45) is 2.11. The van der Waals surface area contributed by atoms with E-state index in [2.05, 4.69) is 38.1 Å². The summed E-state index contributed by atoms with van der Waals surface area (Å²) < 4.78 is 4.53. The Morgan fingerprint density at radius 2 is 1.86 bits per heavy atom. The molecule has 0 bridgehead atoms. The van der Waals surface area contributed by atoms with Gasteiger partial charge >= 0.3 is 6.09 Å². The molecule has 3 rings (SSSR count). The van der Waals surface area contributed by atoms with E-state index in [9.17, 15) is 19.2 Å². The molecule has 1 aliphatic heterocycles. The van der Waals surface area contributed by atoms with E-state index in [0.717, 1.165) is 24.8 Å². The van der Waals surface area contributed by atoms with Crippen molar-refractivity contribution in [2.45, 2.75) is 64.2 Å². The van der Waals surface area contributed by atoms with Crippen LogP contribution in [0.5, 0.6) is 0 Å². The van der Waals surface area contributed by atoms with Gasteiger partial charge in [-0.25, -0.2) is 4.79 Å². The lowest BCUT2D eigenvalue weighted by Gasteiger charge is -2.39. The van der Waals surface area contributed by atoms with Crippen molar-refractivity contribution in [1.29, 1.82) is 0 Å². The van der Waals surface area contributed by atoms with Gasteiger partial charge in [0.2, 0.25) is 17.7 Å². The smallest absolute Gasteiger partial charge is 0.407 e. The molecule has 2 aliphatic rings. The number of piperazine rings is 1. The molecule has 0 aromatic heterocycles. The number of alkyl carbamates (subject to hydrolysis) is 1. The number of carbonyl (C=O) groups is 4. The van der Waals surface area contributed by atoms with Gasteiger partial charge < -0.3 is 30.9 Å². The van der Waals surface area contributed by atoms with Gasteiger partial charge in [-0.05, 0) is 43.2 Å². The van der Waals surface area contributed by atoms with Crippen LogP contribution in [0.3, 0.4) is 0 Å². The Hall–Kier alpha value is -3.14. The summed E-state index contributed by atoms with van der Waals surface area (Å²) in [7, 11) is 1.21. The van der Waals surface area contributed by atoms with E-state index in [-0.39, 0.29) is 23.8 Å². The molecule has 4 amide bonds. The van der Waals surface area contributed by atoms with Crippen LogP contribution < -0.4 is 21.3 Å². The molecule has 4 atom stereocenters. The number of nitrogens with one attached hydrogen (secondary N) is 4. The summed E-state index contributed by atoms with van der Waals surface area (Å²) in [5.41, 5.74) is 2.38. The maximum absolute atomic E-state index is 13.6. The fraction of sp³-hybridized carbons (Fsp3) is 0.600. The van der Waals surface area contributed by atoms with Crippen molar-refractivity contribution in [1.82, 2.24) is 26.2 Å². The summed E-state index contributed by atoms with van der Waals surface area (Å²) in [6, 6.07) is 5.64. The van der Waals surface area contributed by atoms with Gasteiger partial charge in [-0.1, -0.05) is 38.1 Å². The number of fused-ring (bicyclic) bond motifs is 1. The topological polar surface area (TPSA) is 129 Å². The Bertz CT molecular complexity index is 937. The van der Waals surface area contributed by atoms with Crippen molar-refractivity contribution in [3.63, 3.8) is 0 Å². The summed E-state index contributed by atoms with van der Waals surface area (Å²) in [5.74, 6) is -1.25. The predicted molar refractivity (Wildman–Crippen MR) is 130 cm³/mol. The Morgan fingerprint density at radius 1 is 1.11 bits per heavy atom. The summed E-state index contributed by atoms with van der Waals surface area (Å²) in [6.45, 7) is 6.42. The number of rotatable bonds is 7. The Morgan fingerprint density at radius 3 is 2.57 bits per heavy atom. The minimum atomic E-state index is -0.884. The molecule has 1 fully saturated rings. The number of nitrogens with zero attached hydrogens (tertiary/aromatic N) is 1. The average Bonchev–Trinajstić information content (AvgIpc) is 2.86. The highest BCUT2D eigenvalue weighted by Crippen LogP contribution is 2.29. The first-order valence-electron chi connectivity index (χ1n) is 12.3. The zero-order chi connectivity index (χ0) is 25.5. The Labute approximate surface area is 206 Å². The first-order valence-corrected chi connectivity index (χ1v) is 12.3. The maximum Gasteiger partial charge on any atom is 0.407 e. The number of ether oxygens (including phenoxy) is 1. The van der Waals surface area contributed by atoms with Crippen LogP contribution in [0.25, 0.3) is 0 Å². The lowest BCUT2D eigenvalue weighted by molar-refractivity contribution is -0.145. The van der Waals surface area contributed by atoms with Crippen molar-refractivity contribution in [2.24, 2.45) is 5.92 Å². The van der Waals surface area contributed by atoms with E-state index in [1.807, 2.05) is 26.0 Å². The van der Waals surface area contributed by atoms with Gasteiger partial charge in [0, 0.05) is 19.6 Å². The number of hydrogen-bond acceptors (Lipinski definition) is 6. The van der Waals surface area contributed by atoms with E-state index in [4.69, 9.17) is 0 Å². The molecule has 0 radical (unpaired) electrons. The fourth-order valence-electron chi connectivity index (χ4n) is 4.65. The van der Waals surface area contributed by atoms with Crippen molar-refractivity contribution in [3.05, 3.63) is 35.4 Å². The van der Waals surface area contributed by atoms with Crippen LogP contribution in [0.1, 0.15) is 50.8 Å². The number of carbonyl (C=O) groups excluding carboxylic acids is 4. The van der Waals surface area contributed by atoms with Gasteiger partial charge in [-0.2, -0.15) is 0 Å². The summed E-state index contributed by atoms with van der Waals surface area (Å²) >= 11 is 0. The molecule has 10 heteroatoms. The third-order valence-corrected chi connectivity index (χ3v) is 6.66. The third-order valence-electron chi connectivity index (χ3n) is 6.66. The zero-order valence-corrected chi connectivity index (χ0v) is 20.9. The lowest BCUT2D eigenvalue weighted by atomic mass is 9.87.